The van der Waals surface area contributed by atoms with Crippen molar-refractivity contribution < 1.29 is 9.90 Å². The summed E-state index contributed by atoms with van der Waals surface area (Å²) < 4.78 is 0. The number of hydrogen-bond donors (Lipinski definition) is 3. The van der Waals surface area contributed by atoms with Gasteiger partial charge in [-0.25, -0.2) is 4.79 Å². The number of aliphatic hydroxyl groups excluding tert-OH is 1. The normalized spacial score (nSPS) is 11.9. The molecule has 0 saturated carbocycles. The molecule has 0 saturated heterocycles. The molecule has 0 fully saturated rings. The Hall–Kier alpha value is -1.26. The van der Waals surface area contributed by atoms with E-state index in [0.29, 0.717) is 25.3 Å². The highest BCUT2D eigenvalue weighted by Crippen LogP contribution is 2.17. The molecule has 4 nitrogen and oxygen atoms in total. The molecule has 3 N–H and O–H groups in total. The molecule has 1 rings (SSSR count). The summed E-state index contributed by atoms with van der Waals surface area (Å²) in [6, 6.07) is 9.39. The Morgan fingerprint density at radius 1 is 1.33 bits per heavy atom. The van der Waals surface area contributed by atoms with Gasteiger partial charge in [0.1, 0.15) is 0 Å². The van der Waals surface area contributed by atoms with Crippen molar-refractivity contribution in [1.29, 1.82) is 0 Å². The fourth-order valence-electron chi connectivity index (χ4n) is 1.67. The molecule has 1 aromatic carbocycles. The van der Waals surface area contributed by atoms with E-state index in [0.717, 1.165) is 5.56 Å². The van der Waals surface area contributed by atoms with E-state index < -0.39 is 0 Å². The molecule has 5 heteroatoms. The summed E-state index contributed by atoms with van der Waals surface area (Å²) in [6.45, 7) is 0.559. The van der Waals surface area contributed by atoms with Crippen molar-refractivity contribution in [3.05, 3.63) is 35.9 Å². The maximum Gasteiger partial charge on any atom is 0.315 e. The second kappa shape index (κ2) is 8.78. The first-order valence-corrected chi connectivity index (χ1v) is 6.57. The van der Waals surface area contributed by atoms with Crippen LogP contribution in [0.25, 0.3) is 0 Å². The maximum absolute atomic E-state index is 11.6. The van der Waals surface area contributed by atoms with E-state index in [1.54, 1.807) is 0 Å². The zero-order valence-corrected chi connectivity index (χ0v) is 11.0. The third-order valence-electron chi connectivity index (χ3n) is 2.54. The average Bonchev–Trinajstić information content (AvgIpc) is 2.42. The van der Waals surface area contributed by atoms with Crippen molar-refractivity contribution in [2.75, 3.05) is 19.0 Å². The monoisotopic (exact) mass is 270 g/mol. The number of urea groups is 1. The smallest absolute Gasteiger partial charge is 0.315 e. The van der Waals surface area contributed by atoms with Crippen LogP contribution in [0.1, 0.15) is 24.4 Å². The zero-order valence-electron chi connectivity index (χ0n) is 10.2. The number of nitrogens with one attached hydrogen (secondary N) is 2. The topological polar surface area (TPSA) is 61.4 Å². The van der Waals surface area contributed by atoms with Gasteiger partial charge in [0.05, 0.1) is 6.04 Å². The Morgan fingerprint density at radius 3 is 2.67 bits per heavy atom. The Kier molecular flexibility index (Phi) is 7.22. The van der Waals surface area contributed by atoms with Crippen molar-refractivity contribution >= 4 is 17.6 Å². The van der Waals surface area contributed by atoms with Gasteiger partial charge in [0.25, 0.3) is 0 Å². The molecule has 0 aromatic heterocycles. The molecule has 1 unspecified atom stereocenters. The molecule has 1 atom stereocenters. The number of hydrogen-bond acceptors (Lipinski definition) is 2. The van der Waals surface area contributed by atoms with Gasteiger partial charge >= 0.3 is 6.03 Å². The molecule has 0 aliphatic heterocycles. The third kappa shape index (κ3) is 5.38. The van der Waals surface area contributed by atoms with E-state index in [4.69, 9.17) is 16.7 Å². The molecule has 0 aliphatic carbocycles. The largest absolute Gasteiger partial charge is 0.396 e. The summed E-state index contributed by atoms with van der Waals surface area (Å²) in [5.74, 6) is 0.389. The first-order chi connectivity index (χ1) is 8.77. The number of halogens is 1. The van der Waals surface area contributed by atoms with Crippen LogP contribution < -0.4 is 10.6 Å². The van der Waals surface area contributed by atoms with Gasteiger partial charge in [0.15, 0.2) is 0 Å². The minimum Gasteiger partial charge on any atom is -0.396 e. The second-order valence-electron chi connectivity index (χ2n) is 3.92. The van der Waals surface area contributed by atoms with Gasteiger partial charge in [-0.3, -0.25) is 0 Å². The fraction of sp³-hybridized carbons (Fsp3) is 0.462. The highest BCUT2D eigenvalue weighted by atomic mass is 35.5. The summed E-state index contributed by atoms with van der Waals surface area (Å²) in [4.78, 5) is 11.6. The first kappa shape index (κ1) is 14.8. The summed E-state index contributed by atoms with van der Waals surface area (Å²) in [6.07, 6.45) is 1.35. The van der Waals surface area contributed by atoms with Crippen LogP contribution in [0.4, 0.5) is 4.79 Å². The van der Waals surface area contributed by atoms with Crippen LogP contribution in [-0.2, 0) is 0 Å². The summed E-state index contributed by atoms with van der Waals surface area (Å²) in [7, 11) is 0. The highest BCUT2D eigenvalue weighted by molar-refractivity contribution is 6.18. The average molecular weight is 271 g/mol. The zero-order chi connectivity index (χ0) is 13.2. The van der Waals surface area contributed by atoms with E-state index in [1.165, 1.54) is 0 Å². The van der Waals surface area contributed by atoms with Crippen LogP contribution in [-0.4, -0.2) is 30.2 Å². The molecule has 0 bridgehead atoms. The maximum atomic E-state index is 11.6. The van der Waals surface area contributed by atoms with Crippen LogP contribution in [0.5, 0.6) is 0 Å². The Morgan fingerprint density at radius 2 is 2.06 bits per heavy atom. The lowest BCUT2D eigenvalue weighted by Gasteiger charge is -2.19. The van der Waals surface area contributed by atoms with Crippen LogP contribution in [0.15, 0.2) is 30.3 Å². The van der Waals surface area contributed by atoms with Gasteiger partial charge in [0.2, 0.25) is 0 Å². The Bertz CT molecular complexity index is 346. The first-order valence-electron chi connectivity index (χ1n) is 6.04. The fourth-order valence-corrected chi connectivity index (χ4v) is 1.77. The summed E-state index contributed by atoms with van der Waals surface area (Å²) in [5.41, 5.74) is 1.03. The van der Waals surface area contributed by atoms with E-state index in [-0.39, 0.29) is 18.7 Å². The van der Waals surface area contributed by atoms with Crippen molar-refractivity contribution in [2.45, 2.75) is 18.9 Å². The van der Waals surface area contributed by atoms with Gasteiger partial charge in [-0.1, -0.05) is 30.3 Å². The van der Waals surface area contributed by atoms with Gasteiger partial charge in [-0.15, -0.1) is 11.6 Å². The molecule has 0 heterocycles. The molecule has 0 aliphatic rings. The highest BCUT2D eigenvalue weighted by Gasteiger charge is 2.13. The van der Waals surface area contributed by atoms with Crippen LogP contribution in [0.3, 0.4) is 0 Å². The predicted octanol–water partition coefficient (Wildman–Crippen LogP) is 2.04. The summed E-state index contributed by atoms with van der Waals surface area (Å²) in [5, 5.41) is 14.4. The van der Waals surface area contributed by atoms with E-state index in [1.807, 2.05) is 30.3 Å². The lowest BCUT2D eigenvalue weighted by atomic mass is 10.0. The van der Waals surface area contributed by atoms with Crippen LogP contribution in [0, 0.1) is 0 Å². The number of carbonyl (C=O) groups is 1. The van der Waals surface area contributed by atoms with E-state index in [9.17, 15) is 4.79 Å². The van der Waals surface area contributed by atoms with Crippen LogP contribution >= 0.6 is 11.6 Å². The third-order valence-corrected chi connectivity index (χ3v) is 2.73. The number of carbonyl (C=O) groups excluding carboxylic acids is 1. The molecule has 0 radical (unpaired) electrons. The van der Waals surface area contributed by atoms with Gasteiger partial charge in [-0.2, -0.15) is 0 Å². The van der Waals surface area contributed by atoms with Crippen molar-refractivity contribution in [1.82, 2.24) is 10.6 Å². The van der Waals surface area contributed by atoms with Gasteiger partial charge in [0, 0.05) is 19.0 Å². The predicted molar refractivity (Wildman–Crippen MR) is 72.8 cm³/mol. The van der Waals surface area contributed by atoms with E-state index >= 15 is 0 Å². The minimum absolute atomic E-state index is 0.0892. The lowest BCUT2D eigenvalue weighted by molar-refractivity contribution is 0.233. The van der Waals surface area contributed by atoms with Gasteiger partial charge in [-0.05, 0) is 18.4 Å². The molecule has 2 amide bonds. The number of benzene rings is 1. The minimum atomic E-state index is -0.234. The lowest BCUT2D eigenvalue weighted by Crippen LogP contribution is -2.38. The molecule has 100 valence electrons. The standard InChI is InChI=1S/C13H19ClN2O2/c14-8-9-15-13(18)16-12(7-4-10-17)11-5-2-1-3-6-11/h1-3,5-6,12,17H,4,7-10H2,(H2,15,16,18). The molecular formula is C13H19ClN2O2. The number of aliphatic hydroxyl groups is 1. The second-order valence-corrected chi connectivity index (χ2v) is 4.30. The number of rotatable bonds is 7. The Labute approximate surface area is 112 Å². The SMILES string of the molecule is O=C(NCCCl)NC(CCCO)c1ccccc1. The quantitative estimate of drug-likeness (QED) is 0.664. The van der Waals surface area contributed by atoms with E-state index in [2.05, 4.69) is 10.6 Å². The van der Waals surface area contributed by atoms with Crippen molar-refractivity contribution in [2.24, 2.45) is 0 Å². The molecule has 18 heavy (non-hydrogen) atoms. The van der Waals surface area contributed by atoms with Crippen LogP contribution in [0.2, 0.25) is 0 Å². The molecule has 0 spiro atoms. The molecule has 1 aromatic rings. The number of alkyl halides is 1. The number of amides is 2. The summed E-state index contributed by atoms with van der Waals surface area (Å²) >= 11 is 5.51. The van der Waals surface area contributed by atoms with Crippen molar-refractivity contribution in [3.8, 4) is 0 Å². The Balaban J connectivity index is 2.58. The molecular weight excluding hydrogens is 252 g/mol. The van der Waals surface area contributed by atoms with Crippen molar-refractivity contribution in [3.63, 3.8) is 0 Å². The van der Waals surface area contributed by atoms with Gasteiger partial charge < -0.3 is 15.7 Å².